The molecule has 1 unspecified atom stereocenters. The Kier molecular flexibility index (Phi) is 2.58. The normalized spacial score (nSPS) is 25.1. The molecule has 1 aliphatic heterocycles. The van der Waals surface area contributed by atoms with Crippen molar-refractivity contribution in [2.24, 2.45) is 0 Å². The quantitative estimate of drug-likeness (QED) is 0.591. The van der Waals surface area contributed by atoms with E-state index in [0.717, 1.165) is 5.56 Å². The molecule has 4 nitrogen and oxygen atoms in total. The first-order valence-electron chi connectivity index (χ1n) is 4.82. The summed E-state index contributed by atoms with van der Waals surface area (Å²) < 4.78 is 4.29. The summed E-state index contributed by atoms with van der Waals surface area (Å²) in [6, 6.07) is 9.17. The van der Waals surface area contributed by atoms with Crippen LogP contribution in [0.3, 0.4) is 0 Å². The molecule has 1 aromatic carbocycles. The average molecular weight is 218 g/mol. The third-order valence-corrected chi connectivity index (χ3v) is 2.32. The molecule has 1 fully saturated rings. The lowest BCUT2D eigenvalue weighted by Crippen LogP contribution is -2.31. The molecule has 4 heteroatoms. The van der Waals surface area contributed by atoms with Crippen molar-refractivity contribution in [3.8, 4) is 0 Å². The molecule has 16 heavy (non-hydrogen) atoms. The molecular formula is C12H10O4. The van der Waals surface area contributed by atoms with E-state index in [-0.39, 0.29) is 6.42 Å². The summed E-state index contributed by atoms with van der Waals surface area (Å²) in [4.78, 5) is 22.0. The predicted octanol–water partition coefficient (Wildman–Crippen LogP) is 0.904. The number of benzene rings is 1. The number of esters is 2. The van der Waals surface area contributed by atoms with Gasteiger partial charge in [-0.05, 0) is 11.6 Å². The number of ether oxygens (including phenoxy) is 1. The van der Waals surface area contributed by atoms with Gasteiger partial charge in [0, 0.05) is 0 Å². The van der Waals surface area contributed by atoms with Gasteiger partial charge >= 0.3 is 11.9 Å². The largest absolute Gasteiger partial charge is 0.391 e. The number of carbonyl (C=O) groups excluding carboxylic acids is 2. The highest BCUT2D eigenvalue weighted by Crippen LogP contribution is 2.23. The molecule has 1 saturated heterocycles. The Morgan fingerprint density at radius 1 is 1.25 bits per heavy atom. The molecule has 1 heterocycles. The Hall–Kier alpha value is -1.94. The highest BCUT2D eigenvalue weighted by atomic mass is 16.6. The van der Waals surface area contributed by atoms with Crippen LogP contribution in [0.2, 0.25) is 0 Å². The van der Waals surface area contributed by atoms with E-state index in [1.165, 1.54) is 6.08 Å². The Bertz CT molecular complexity index is 449. The molecule has 0 amide bonds. The van der Waals surface area contributed by atoms with Crippen molar-refractivity contribution in [1.29, 1.82) is 0 Å². The zero-order valence-electron chi connectivity index (χ0n) is 8.42. The second kappa shape index (κ2) is 3.90. The maximum Gasteiger partial charge on any atom is 0.350 e. The Balaban J connectivity index is 2.18. The maximum atomic E-state index is 11.2. The molecule has 0 spiro atoms. The Morgan fingerprint density at radius 3 is 2.50 bits per heavy atom. The molecule has 1 aromatic rings. The van der Waals surface area contributed by atoms with Gasteiger partial charge in [-0.25, -0.2) is 4.79 Å². The van der Waals surface area contributed by atoms with Gasteiger partial charge in [-0.15, -0.1) is 0 Å². The van der Waals surface area contributed by atoms with Gasteiger partial charge in [0.25, 0.3) is 0 Å². The zero-order chi connectivity index (χ0) is 11.6. The number of carbonyl (C=O) groups is 2. The van der Waals surface area contributed by atoms with E-state index in [1.807, 2.05) is 30.3 Å². The predicted molar refractivity (Wildman–Crippen MR) is 56.1 cm³/mol. The first kappa shape index (κ1) is 10.6. The molecule has 0 saturated carbocycles. The van der Waals surface area contributed by atoms with Crippen molar-refractivity contribution < 1.29 is 19.4 Å². The minimum atomic E-state index is -1.81. The summed E-state index contributed by atoms with van der Waals surface area (Å²) in [5.74, 6) is -1.62. The van der Waals surface area contributed by atoms with Crippen LogP contribution in [0.1, 0.15) is 12.0 Å². The molecule has 0 bridgehead atoms. The van der Waals surface area contributed by atoms with Gasteiger partial charge in [-0.2, -0.15) is 0 Å². The van der Waals surface area contributed by atoms with Crippen LogP contribution >= 0.6 is 0 Å². The summed E-state index contributed by atoms with van der Waals surface area (Å²) in [6.07, 6.45) is 2.55. The van der Waals surface area contributed by atoms with Crippen LogP contribution in [-0.2, 0) is 14.3 Å². The van der Waals surface area contributed by atoms with Crippen molar-refractivity contribution in [2.45, 2.75) is 12.0 Å². The third kappa shape index (κ3) is 2.01. The molecular weight excluding hydrogens is 208 g/mol. The van der Waals surface area contributed by atoms with Gasteiger partial charge in [0.2, 0.25) is 0 Å². The van der Waals surface area contributed by atoms with Crippen LogP contribution in [0.25, 0.3) is 6.08 Å². The molecule has 1 aliphatic rings. The number of hydrogen-bond donors (Lipinski definition) is 1. The molecule has 2 rings (SSSR count). The van der Waals surface area contributed by atoms with E-state index in [0.29, 0.717) is 0 Å². The monoisotopic (exact) mass is 218 g/mol. The van der Waals surface area contributed by atoms with Crippen LogP contribution in [0.4, 0.5) is 0 Å². The summed E-state index contributed by atoms with van der Waals surface area (Å²) in [6.45, 7) is 0. The minimum absolute atomic E-state index is 0.324. The van der Waals surface area contributed by atoms with Gasteiger partial charge in [0.15, 0.2) is 5.60 Å². The molecule has 1 N–H and O–H groups in total. The molecule has 82 valence electrons. The van der Waals surface area contributed by atoms with Crippen LogP contribution in [0.15, 0.2) is 36.4 Å². The summed E-state index contributed by atoms with van der Waals surface area (Å²) in [5.41, 5.74) is -0.976. The first-order valence-corrected chi connectivity index (χ1v) is 4.82. The molecule has 1 atom stereocenters. The van der Waals surface area contributed by atoms with Crippen LogP contribution in [0.5, 0.6) is 0 Å². The highest BCUT2D eigenvalue weighted by molar-refractivity contribution is 6.01. The van der Waals surface area contributed by atoms with Crippen molar-refractivity contribution in [1.82, 2.24) is 0 Å². The lowest BCUT2D eigenvalue weighted by Gasteiger charge is -2.09. The second-order valence-corrected chi connectivity index (χ2v) is 3.61. The van der Waals surface area contributed by atoms with Crippen molar-refractivity contribution in [2.75, 3.05) is 0 Å². The third-order valence-electron chi connectivity index (χ3n) is 2.32. The van der Waals surface area contributed by atoms with Crippen LogP contribution in [0, 0.1) is 0 Å². The fraction of sp³-hybridized carbons (Fsp3) is 0.167. The van der Waals surface area contributed by atoms with E-state index in [9.17, 15) is 14.7 Å². The topological polar surface area (TPSA) is 63.6 Å². The van der Waals surface area contributed by atoms with E-state index >= 15 is 0 Å². The van der Waals surface area contributed by atoms with Gasteiger partial charge in [0.05, 0.1) is 6.42 Å². The average Bonchev–Trinajstić information content (AvgIpc) is 2.52. The molecule has 0 aliphatic carbocycles. The van der Waals surface area contributed by atoms with E-state index in [4.69, 9.17) is 0 Å². The maximum absolute atomic E-state index is 11.2. The zero-order valence-corrected chi connectivity index (χ0v) is 8.42. The minimum Gasteiger partial charge on any atom is -0.391 e. The van der Waals surface area contributed by atoms with E-state index < -0.39 is 17.5 Å². The lowest BCUT2D eigenvalue weighted by atomic mass is 10.0. The summed E-state index contributed by atoms with van der Waals surface area (Å²) in [5, 5.41) is 9.81. The SMILES string of the molecule is O=C1CC(O)(C=Cc2ccccc2)C(=O)O1. The smallest absolute Gasteiger partial charge is 0.350 e. The summed E-state index contributed by atoms with van der Waals surface area (Å²) in [7, 11) is 0. The fourth-order valence-electron chi connectivity index (χ4n) is 1.45. The molecule has 0 aromatic heterocycles. The van der Waals surface area contributed by atoms with E-state index in [1.54, 1.807) is 6.08 Å². The van der Waals surface area contributed by atoms with Gasteiger partial charge in [-0.1, -0.05) is 36.4 Å². The lowest BCUT2D eigenvalue weighted by molar-refractivity contribution is -0.156. The first-order chi connectivity index (χ1) is 7.60. The number of rotatable bonds is 2. The number of hydrogen-bond acceptors (Lipinski definition) is 4. The van der Waals surface area contributed by atoms with Gasteiger partial charge < -0.3 is 9.84 Å². The van der Waals surface area contributed by atoms with Gasteiger partial charge in [0.1, 0.15) is 0 Å². The van der Waals surface area contributed by atoms with Crippen LogP contribution in [-0.4, -0.2) is 22.6 Å². The Morgan fingerprint density at radius 2 is 1.94 bits per heavy atom. The Labute approximate surface area is 92.2 Å². The van der Waals surface area contributed by atoms with Crippen molar-refractivity contribution in [3.63, 3.8) is 0 Å². The van der Waals surface area contributed by atoms with E-state index in [2.05, 4.69) is 4.74 Å². The number of cyclic esters (lactones) is 2. The van der Waals surface area contributed by atoms with Crippen molar-refractivity contribution in [3.05, 3.63) is 42.0 Å². The highest BCUT2D eigenvalue weighted by Gasteiger charge is 2.45. The summed E-state index contributed by atoms with van der Waals surface area (Å²) >= 11 is 0. The second-order valence-electron chi connectivity index (χ2n) is 3.61. The van der Waals surface area contributed by atoms with Crippen molar-refractivity contribution >= 4 is 18.0 Å². The molecule has 0 radical (unpaired) electrons. The van der Waals surface area contributed by atoms with Crippen LogP contribution < -0.4 is 0 Å². The number of aliphatic hydroxyl groups is 1. The van der Waals surface area contributed by atoms with Gasteiger partial charge in [-0.3, -0.25) is 4.79 Å². The standard InChI is InChI=1S/C12H10O4/c13-10-8-12(15,11(14)16-10)7-6-9-4-2-1-3-5-9/h1-7,15H,8H2. The fourth-order valence-corrected chi connectivity index (χ4v) is 1.45.